The summed E-state index contributed by atoms with van der Waals surface area (Å²) in [5, 5.41) is 0. The fraction of sp³-hybridized carbons (Fsp3) is 0.545. The highest BCUT2D eigenvalue weighted by Gasteiger charge is 2.24. The molecule has 0 bridgehead atoms. The molecule has 1 unspecified atom stereocenters. The van der Waals surface area contributed by atoms with E-state index in [1.54, 1.807) is 0 Å². The molecule has 1 aromatic heterocycles. The first-order chi connectivity index (χ1) is 6.81. The summed E-state index contributed by atoms with van der Waals surface area (Å²) < 4.78 is 7.16. The number of rotatable bonds is 3. The minimum Gasteiger partial charge on any atom is -0.466 e. The molecule has 0 N–H and O–H groups in total. The van der Waals surface area contributed by atoms with Gasteiger partial charge in [-0.15, -0.1) is 0 Å². The van der Waals surface area contributed by atoms with Gasteiger partial charge in [0, 0.05) is 24.4 Å². The maximum Gasteiger partial charge on any atom is 0.306 e. The van der Waals surface area contributed by atoms with Crippen molar-refractivity contribution in [3.8, 4) is 0 Å². The molecule has 0 saturated carbocycles. The van der Waals surface area contributed by atoms with Gasteiger partial charge in [-0.1, -0.05) is 0 Å². The molecule has 1 aliphatic rings. The van der Waals surface area contributed by atoms with E-state index in [2.05, 4.69) is 16.8 Å². The van der Waals surface area contributed by atoms with Gasteiger partial charge in [-0.25, -0.2) is 0 Å². The van der Waals surface area contributed by atoms with Crippen LogP contribution in [0.3, 0.4) is 0 Å². The number of aryl methyl sites for hydroxylation is 1. The third-order valence-corrected chi connectivity index (χ3v) is 2.72. The standard InChI is InChI=1S/C11H15NO2/c1-2-14-11(13)8-9-5-7-12-6-3-4-10(9)12/h3-4,6,9H,2,5,7-8H2,1H3. The number of esters is 1. The van der Waals surface area contributed by atoms with E-state index in [9.17, 15) is 4.79 Å². The van der Waals surface area contributed by atoms with E-state index >= 15 is 0 Å². The molecule has 1 aromatic rings. The lowest BCUT2D eigenvalue weighted by atomic mass is 10.0. The maximum absolute atomic E-state index is 11.3. The van der Waals surface area contributed by atoms with Crippen LogP contribution in [0.25, 0.3) is 0 Å². The Labute approximate surface area is 83.7 Å². The largest absolute Gasteiger partial charge is 0.466 e. The Balaban J connectivity index is 1.98. The lowest BCUT2D eigenvalue weighted by Gasteiger charge is -2.07. The second kappa shape index (κ2) is 3.86. The van der Waals surface area contributed by atoms with Crippen molar-refractivity contribution in [2.24, 2.45) is 0 Å². The number of aromatic nitrogens is 1. The van der Waals surface area contributed by atoms with E-state index in [0.717, 1.165) is 13.0 Å². The Morgan fingerprint density at radius 2 is 2.57 bits per heavy atom. The minimum atomic E-state index is -0.0767. The monoisotopic (exact) mass is 193 g/mol. The van der Waals surface area contributed by atoms with Crippen LogP contribution in [-0.4, -0.2) is 17.1 Å². The van der Waals surface area contributed by atoms with Crippen molar-refractivity contribution in [1.29, 1.82) is 0 Å². The van der Waals surface area contributed by atoms with E-state index in [0.29, 0.717) is 18.9 Å². The summed E-state index contributed by atoms with van der Waals surface area (Å²) in [7, 11) is 0. The molecule has 0 amide bonds. The van der Waals surface area contributed by atoms with Gasteiger partial charge in [-0.3, -0.25) is 4.79 Å². The molecule has 3 heteroatoms. The first-order valence-electron chi connectivity index (χ1n) is 5.12. The van der Waals surface area contributed by atoms with Crippen LogP contribution in [0.2, 0.25) is 0 Å². The van der Waals surface area contributed by atoms with Gasteiger partial charge in [0.15, 0.2) is 0 Å². The van der Waals surface area contributed by atoms with Gasteiger partial charge < -0.3 is 9.30 Å². The summed E-state index contributed by atoms with van der Waals surface area (Å²) in [6.07, 6.45) is 3.66. The van der Waals surface area contributed by atoms with Crippen LogP contribution < -0.4 is 0 Å². The lowest BCUT2D eigenvalue weighted by Crippen LogP contribution is -2.08. The van der Waals surface area contributed by atoms with Gasteiger partial charge in [-0.2, -0.15) is 0 Å². The van der Waals surface area contributed by atoms with Gasteiger partial charge >= 0.3 is 5.97 Å². The molecular weight excluding hydrogens is 178 g/mol. The zero-order chi connectivity index (χ0) is 9.97. The van der Waals surface area contributed by atoms with Crippen molar-refractivity contribution < 1.29 is 9.53 Å². The smallest absolute Gasteiger partial charge is 0.306 e. The topological polar surface area (TPSA) is 31.2 Å². The Morgan fingerprint density at radius 1 is 1.71 bits per heavy atom. The predicted molar refractivity (Wildman–Crippen MR) is 53.0 cm³/mol. The fourth-order valence-electron chi connectivity index (χ4n) is 2.07. The van der Waals surface area contributed by atoms with Crippen molar-refractivity contribution in [2.45, 2.75) is 32.2 Å². The number of ether oxygens (including phenoxy) is 1. The molecule has 3 nitrogen and oxygen atoms in total. The Hall–Kier alpha value is -1.25. The third-order valence-electron chi connectivity index (χ3n) is 2.72. The molecule has 0 radical (unpaired) electrons. The second-order valence-electron chi connectivity index (χ2n) is 3.62. The Morgan fingerprint density at radius 3 is 3.36 bits per heavy atom. The molecule has 0 spiro atoms. The zero-order valence-electron chi connectivity index (χ0n) is 8.40. The van der Waals surface area contributed by atoms with Gasteiger partial charge in [0.25, 0.3) is 0 Å². The first-order valence-corrected chi connectivity index (χ1v) is 5.12. The van der Waals surface area contributed by atoms with Gasteiger partial charge in [0.05, 0.1) is 13.0 Å². The van der Waals surface area contributed by atoms with Crippen molar-refractivity contribution >= 4 is 5.97 Å². The van der Waals surface area contributed by atoms with Crippen molar-refractivity contribution in [3.05, 3.63) is 24.0 Å². The number of carbonyl (C=O) groups excluding carboxylic acids is 1. The summed E-state index contributed by atoms with van der Waals surface area (Å²) in [5.74, 6) is 0.288. The Bertz CT molecular complexity index is 330. The number of hydrogen-bond donors (Lipinski definition) is 0. The van der Waals surface area contributed by atoms with Gasteiger partial charge in [-0.05, 0) is 25.5 Å². The number of carbonyl (C=O) groups is 1. The van der Waals surface area contributed by atoms with E-state index in [-0.39, 0.29) is 5.97 Å². The highest BCUT2D eigenvalue weighted by atomic mass is 16.5. The average Bonchev–Trinajstić information content (AvgIpc) is 2.70. The molecule has 2 rings (SSSR count). The van der Waals surface area contributed by atoms with E-state index in [4.69, 9.17) is 4.74 Å². The van der Waals surface area contributed by atoms with Crippen LogP contribution in [0.5, 0.6) is 0 Å². The fourth-order valence-corrected chi connectivity index (χ4v) is 2.07. The molecule has 0 fully saturated rings. The van der Waals surface area contributed by atoms with E-state index in [1.807, 2.05) is 13.0 Å². The molecule has 76 valence electrons. The van der Waals surface area contributed by atoms with Crippen LogP contribution in [0.4, 0.5) is 0 Å². The summed E-state index contributed by atoms with van der Waals surface area (Å²) in [4.78, 5) is 11.3. The molecule has 1 aliphatic heterocycles. The summed E-state index contributed by atoms with van der Waals surface area (Å²) >= 11 is 0. The molecule has 0 saturated heterocycles. The average molecular weight is 193 g/mol. The quantitative estimate of drug-likeness (QED) is 0.687. The maximum atomic E-state index is 11.3. The zero-order valence-corrected chi connectivity index (χ0v) is 8.40. The number of nitrogens with zero attached hydrogens (tertiary/aromatic N) is 1. The second-order valence-corrected chi connectivity index (χ2v) is 3.62. The number of hydrogen-bond acceptors (Lipinski definition) is 2. The predicted octanol–water partition coefficient (Wildman–Crippen LogP) is 1.93. The summed E-state index contributed by atoms with van der Waals surface area (Å²) in [5.41, 5.74) is 1.28. The third kappa shape index (κ3) is 1.67. The molecule has 0 aromatic carbocycles. The minimum absolute atomic E-state index is 0.0767. The van der Waals surface area contributed by atoms with Crippen LogP contribution >= 0.6 is 0 Å². The SMILES string of the molecule is CCOC(=O)CC1CCn2cccc21. The van der Waals surface area contributed by atoms with E-state index in [1.165, 1.54) is 5.69 Å². The van der Waals surface area contributed by atoms with Crippen LogP contribution in [0, 0.1) is 0 Å². The normalized spacial score (nSPS) is 19.4. The van der Waals surface area contributed by atoms with Crippen LogP contribution in [0.1, 0.15) is 31.4 Å². The van der Waals surface area contributed by atoms with Crippen molar-refractivity contribution in [2.75, 3.05) is 6.61 Å². The van der Waals surface area contributed by atoms with E-state index < -0.39 is 0 Å². The van der Waals surface area contributed by atoms with Crippen LogP contribution in [-0.2, 0) is 16.1 Å². The van der Waals surface area contributed by atoms with Gasteiger partial charge in [0.2, 0.25) is 0 Å². The molecule has 2 heterocycles. The summed E-state index contributed by atoms with van der Waals surface area (Å²) in [6.45, 7) is 3.36. The molecule has 0 aliphatic carbocycles. The molecule has 1 atom stereocenters. The van der Waals surface area contributed by atoms with Crippen LogP contribution in [0.15, 0.2) is 18.3 Å². The first kappa shape index (κ1) is 9.31. The summed E-state index contributed by atoms with van der Waals surface area (Å²) in [6, 6.07) is 4.13. The Kier molecular flexibility index (Phi) is 2.57. The van der Waals surface area contributed by atoms with Crippen molar-refractivity contribution in [1.82, 2.24) is 4.57 Å². The molecular formula is C11H15NO2. The highest BCUT2D eigenvalue weighted by Crippen LogP contribution is 2.31. The highest BCUT2D eigenvalue weighted by molar-refractivity contribution is 5.70. The lowest BCUT2D eigenvalue weighted by molar-refractivity contribution is -0.143. The van der Waals surface area contributed by atoms with Gasteiger partial charge in [0.1, 0.15) is 0 Å². The molecule has 14 heavy (non-hydrogen) atoms. The number of fused-ring (bicyclic) bond motifs is 1. The van der Waals surface area contributed by atoms with Crippen molar-refractivity contribution in [3.63, 3.8) is 0 Å².